The predicted molar refractivity (Wildman–Crippen MR) is 94.1 cm³/mol. The first-order valence-corrected chi connectivity index (χ1v) is 9.85. The summed E-state index contributed by atoms with van der Waals surface area (Å²) in [5.74, 6) is -2.72. The lowest BCUT2D eigenvalue weighted by atomic mass is 10.2. The molecule has 1 rings (SSSR count). The van der Waals surface area contributed by atoms with Crippen LogP contribution in [-0.2, 0) is 40.0 Å². The van der Waals surface area contributed by atoms with Crippen LogP contribution in [-0.4, -0.2) is 57.3 Å². The Bertz CT molecular complexity index is 756. The molecule has 10 nitrogen and oxygen atoms in total. The minimum absolute atomic E-state index is 0.0118. The van der Waals surface area contributed by atoms with E-state index in [1.54, 1.807) is 30.3 Å². The van der Waals surface area contributed by atoms with E-state index in [1.807, 2.05) is 0 Å². The topological polar surface area (TPSA) is 151 Å². The summed E-state index contributed by atoms with van der Waals surface area (Å²) in [6.45, 7) is -0.659. The van der Waals surface area contributed by atoms with E-state index >= 15 is 0 Å². The SMILES string of the molecule is CS(=O)(=O)O[C@H](CCl)[C@H](OC(=O)CNC(=O)OCc1ccccc1)C(N)=O. The molecule has 0 radical (unpaired) electrons. The number of amides is 2. The first kappa shape index (κ1) is 22.7. The van der Waals surface area contributed by atoms with Crippen LogP contribution in [0.2, 0.25) is 0 Å². The van der Waals surface area contributed by atoms with Gasteiger partial charge in [0.25, 0.3) is 16.0 Å². The Hall–Kier alpha value is -2.37. The first-order valence-electron chi connectivity index (χ1n) is 7.50. The standard InChI is InChI=1S/C15H19ClN2O8S/c1-27(22,23)26-11(7-16)13(14(17)20)25-12(19)8-18-15(21)24-9-10-5-3-2-4-6-10/h2-6,11,13H,7-9H2,1H3,(H2,17,20)(H,18,21)/t11-,13+/m1/s1. The summed E-state index contributed by atoms with van der Waals surface area (Å²) in [6.07, 6.45) is -3.43. The Morgan fingerprint density at radius 3 is 2.37 bits per heavy atom. The van der Waals surface area contributed by atoms with Gasteiger partial charge in [0, 0.05) is 0 Å². The molecule has 0 aliphatic carbocycles. The maximum absolute atomic E-state index is 11.8. The van der Waals surface area contributed by atoms with Crippen LogP contribution in [0.5, 0.6) is 0 Å². The summed E-state index contributed by atoms with van der Waals surface area (Å²) in [5.41, 5.74) is 5.83. The largest absolute Gasteiger partial charge is 0.448 e. The molecule has 0 saturated carbocycles. The lowest BCUT2D eigenvalue weighted by Gasteiger charge is -2.22. The summed E-state index contributed by atoms with van der Waals surface area (Å²) in [7, 11) is -3.98. The normalized spacial score (nSPS) is 13.3. The number of hydrogen-bond acceptors (Lipinski definition) is 8. The molecule has 2 atom stereocenters. The van der Waals surface area contributed by atoms with E-state index in [2.05, 4.69) is 9.50 Å². The number of ether oxygens (including phenoxy) is 2. The molecule has 3 N–H and O–H groups in total. The summed E-state index contributed by atoms with van der Waals surface area (Å²) in [4.78, 5) is 34.8. The highest BCUT2D eigenvalue weighted by Crippen LogP contribution is 2.10. The van der Waals surface area contributed by atoms with Crippen molar-refractivity contribution in [3.05, 3.63) is 35.9 Å². The third kappa shape index (κ3) is 9.22. The van der Waals surface area contributed by atoms with Gasteiger partial charge in [-0.05, 0) is 5.56 Å². The molecule has 0 fully saturated rings. The number of rotatable bonds is 10. The van der Waals surface area contributed by atoms with Gasteiger partial charge in [-0.2, -0.15) is 8.42 Å². The van der Waals surface area contributed by atoms with Crippen LogP contribution in [0.1, 0.15) is 5.56 Å². The molecule has 0 aliphatic heterocycles. The predicted octanol–water partition coefficient (Wildman–Crippen LogP) is -0.107. The van der Waals surface area contributed by atoms with E-state index in [0.717, 1.165) is 11.8 Å². The number of carbonyl (C=O) groups excluding carboxylic acids is 3. The van der Waals surface area contributed by atoms with Gasteiger partial charge in [-0.3, -0.25) is 13.8 Å². The Kier molecular flexibility index (Phi) is 8.98. The summed E-state index contributed by atoms with van der Waals surface area (Å²) in [6, 6.07) is 8.82. The molecular formula is C15H19ClN2O8S. The highest BCUT2D eigenvalue weighted by Gasteiger charge is 2.33. The van der Waals surface area contributed by atoms with E-state index in [4.69, 9.17) is 26.8 Å². The fourth-order valence-electron chi connectivity index (χ4n) is 1.80. The Balaban J connectivity index is 2.51. The molecule has 0 aromatic heterocycles. The van der Waals surface area contributed by atoms with Gasteiger partial charge in [-0.1, -0.05) is 30.3 Å². The van der Waals surface area contributed by atoms with Crippen LogP contribution in [0.3, 0.4) is 0 Å². The number of alkyl carbamates (subject to hydrolysis) is 1. The van der Waals surface area contributed by atoms with E-state index in [-0.39, 0.29) is 6.61 Å². The zero-order valence-electron chi connectivity index (χ0n) is 14.3. The number of halogens is 1. The van der Waals surface area contributed by atoms with Crippen molar-refractivity contribution in [2.45, 2.75) is 18.8 Å². The highest BCUT2D eigenvalue weighted by molar-refractivity contribution is 7.86. The summed E-state index contributed by atoms with van der Waals surface area (Å²) < 4.78 is 36.6. The molecule has 1 aromatic carbocycles. The van der Waals surface area contributed by atoms with Gasteiger partial charge < -0.3 is 20.5 Å². The smallest absolute Gasteiger partial charge is 0.407 e. The van der Waals surface area contributed by atoms with E-state index < -0.39 is 52.7 Å². The number of alkyl halides is 1. The average molecular weight is 423 g/mol. The number of nitrogens with two attached hydrogens (primary N) is 1. The molecule has 2 amide bonds. The fraction of sp³-hybridized carbons (Fsp3) is 0.400. The second-order valence-corrected chi connectivity index (χ2v) is 7.13. The van der Waals surface area contributed by atoms with Crippen molar-refractivity contribution in [3.8, 4) is 0 Å². The van der Waals surface area contributed by atoms with Crippen LogP contribution in [0, 0.1) is 0 Å². The minimum atomic E-state index is -3.98. The van der Waals surface area contributed by atoms with E-state index in [1.165, 1.54) is 0 Å². The zero-order valence-corrected chi connectivity index (χ0v) is 15.9. The van der Waals surface area contributed by atoms with Crippen LogP contribution in [0.15, 0.2) is 30.3 Å². The number of carbonyl (C=O) groups is 3. The van der Waals surface area contributed by atoms with Gasteiger partial charge in [0.1, 0.15) is 19.3 Å². The van der Waals surface area contributed by atoms with Crippen molar-refractivity contribution in [1.82, 2.24) is 5.32 Å². The first-order chi connectivity index (χ1) is 12.6. The quantitative estimate of drug-likeness (QED) is 0.301. The molecule has 0 heterocycles. The van der Waals surface area contributed by atoms with Crippen molar-refractivity contribution < 1.29 is 36.5 Å². The summed E-state index contributed by atoms with van der Waals surface area (Å²) >= 11 is 5.54. The van der Waals surface area contributed by atoms with Crippen LogP contribution < -0.4 is 11.1 Å². The third-order valence-corrected chi connectivity index (χ3v) is 3.82. The van der Waals surface area contributed by atoms with E-state index in [0.29, 0.717) is 0 Å². The Labute approximate surface area is 161 Å². The molecule has 150 valence electrons. The molecule has 0 aliphatic rings. The molecular weight excluding hydrogens is 404 g/mol. The van der Waals surface area contributed by atoms with Gasteiger partial charge in [-0.15, -0.1) is 11.6 Å². The second kappa shape index (κ2) is 10.7. The number of esters is 1. The zero-order chi connectivity index (χ0) is 20.4. The van der Waals surface area contributed by atoms with Gasteiger partial charge >= 0.3 is 12.1 Å². The number of hydrogen-bond donors (Lipinski definition) is 2. The Morgan fingerprint density at radius 2 is 1.85 bits per heavy atom. The van der Waals surface area contributed by atoms with Gasteiger partial charge in [0.2, 0.25) is 6.10 Å². The maximum atomic E-state index is 11.8. The third-order valence-electron chi connectivity index (χ3n) is 2.92. The maximum Gasteiger partial charge on any atom is 0.407 e. The molecule has 0 spiro atoms. The lowest BCUT2D eigenvalue weighted by molar-refractivity contribution is -0.158. The number of benzene rings is 1. The van der Waals surface area contributed by atoms with Crippen molar-refractivity contribution in [3.63, 3.8) is 0 Å². The van der Waals surface area contributed by atoms with Crippen molar-refractivity contribution in [2.24, 2.45) is 5.73 Å². The highest BCUT2D eigenvalue weighted by atomic mass is 35.5. The molecule has 12 heteroatoms. The average Bonchev–Trinajstić information content (AvgIpc) is 2.60. The molecule has 27 heavy (non-hydrogen) atoms. The van der Waals surface area contributed by atoms with Crippen molar-refractivity contribution in [2.75, 3.05) is 18.7 Å². The van der Waals surface area contributed by atoms with Crippen molar-refractivity contribution >= 4 is 39.7 Å². The second-order valence-electron chi connectivity index (χ2n) is 5.22. The molecule has 1 aromatic rings. The monoisotopic (exact) mass is 422 g/mol. The van der Waals surface area contributed by atoms with E-state index in [9.17, 15) is 22.8 Å². The Morgan fingerprint density at radius 1 is 1.22 bits per heavy atom. The molecule has 0 saturated heterocycles. The number of primary amides is 1. The van der Waals surface area contributed by atoms with Crippen LogP contribution in [0.4, 0.5) is 4.79 Å². The van der Waals surface area contributed by atoms with Crippen LogP contribution >= 0.6 is 11.6 Å². The van der Waals surface area contributed by atoms with Gasteiger partial charge in [0.05, 0.1) is 12.1 Å². The molecule has 0 bridgehead atoms. The number of nitrogens with one attached hydrogen (secondary N) is 1. The fourth-order valence-corrected chi connectivity index (χ4v) is 2.72. The van der Waals surface area contributed by atoms with Gasteiger partial charge in [0.15, 0.2) is 0 Å². The molecule has 0 unspecified atom stereocenters. The minimum Gasteiger partial charge on any atom is -0.448 e. The van der Waals surface area contributed by atoms with Crippen molar-refractivity contribution in [1.29, 1.82) is 0 Å². The van der Waals surface area contributed by atoms with Gasteiger partial charge in [-0.25, -0.2) is 4.79 Å². The van der Waals surface area contributed by atoms with Crippen LogP contribution in [0.25, 0.3) is 0 Å². The lowest BCUT2D eigenvalue weighted by Crippen LogP contribution is -2.47. The summed E-state index contributed by atoms with van der Waals surface area (Å²) in [5, 5.41) is 2.12.